The van der Waals surface area contributed by atoms with E-state index in [9.17, 15) is 26.4 Å². The molecule has 1 aliphatic rings. The van der Waals surface area contributed by atoms with Crippen molar-refractivity contribution in [2.45, 2.75) is 23.5 Å². The Balaban J connectivity index is 1.74. The minimum absolute atomic E-state index is 0.0584. The van der Waals surface area contributed by atoms with Crippen LogP contribution in [-0.2, 0) is 16.2 Å². The molecule has 2 aromatic rings. The first kappa shape index (κ1) is 19.3. The van der Waals surface area contributed by atoms with Crippen molar-refractivity contribution < 1.29 is 26.4 Å². The molecule has 1 amide bonds. The fourth-order valence-electron chi connectivity index (χ4n) is 2.91. The summed E-state index contributed by atoms with van der Waals surface area (Å²) in [7, 11) is -4.39. The summed E-state index contributed by atoms with van der Waals surface area (Å²) >= 11 is 0. The number of likely N-dealkylation sites (tertiary alicyclic amines) is 1. The van der Waals surface area contributed by atoms with Crippen molar-refractivity contribution in [3.8, 4) is 0 Å². The predicted octanol–water partition coefficient (Wildman–Crippen LogP) is 2.29. The fourth-order valence-corrected chi connectivity index (χ4v) is 4.40. The van der Waals surface area contributed by atoms with Gasteiger partial charge in [-0.05, 0) is 30.7 Å². The van der Waals surface area contributed by atoms with E-state index in [1.807, 2.05) is 0 Å². The molecule has 1 aliphatic heterocycles. The summed E-state index contributed by atoms with van der Waals surface area (Å²) in [4.78, 5) is 16.9. The highest BCUT2D eigenvalue weighted by atomic mass is 32.2. The van der Waals surface area contributed by atoms with E-state index in [1.54, 1.807) is 18.2 Å². The number of sulfonamides is 1. The molecule has 2 heterocycles. The summed E-state index contributed by atoms with van der Waals surface area (Å²) in [5.74, 6) is -0.354. The van der Waals surface area contributed by atoms with Gasteiger partial charge in [0.2, 0.25) is 10.0 Å². The number of rotatable bonds is 4. The zero-order valence-corrected chi connectivity index (χ0v) is 14.8. The lowest BCUT2D eigenvalue weighted by Crippen LogP contribution is -2.39. The highest BCUT2D eigenvalue weighted by Gasteiger charge is 2.38. The van der Waals surface area contributed by atoms with Gasteiger partial charge in [0, 0.05) is 25.3 Å². The quantitative estimate of drug-likeness (QED) is 0.856. The van der Waals surface area contributed by atoms with Crippen LogP contribution in [0.25, 0.3) is 0 Å². The standard InChI is InChI=1S/C17H16F3N3O3S/c18-17(19,20)13-5-1-2-7-15(13)27(25,26)22-12-8-10-23(11-12)16(24)14-6-3-4-9-21-14/h1-7,9,12,22H,8,10-11H2/t12-/m0/s1. The van der Waals surface area contributed by atoms with Gasteiger partial charge < -0.3 is 4.90 Å². The number of benzene rings is 1. The molecule has 0 saturated carbocycles. The van der Waals surface area contributed by atoms with Crippen molar-refractivity contribution in [2.24, 2.45) is 0 Å². The lowest BCUT2D eigenvalue weighted by Gasteiger charge is -2.18. The molecule has 1 N–H and O–H groups in total. The summed E-state index contributed by atoms with van der Waals surface area (Å²) < 4.78 is 66.5. The number of alkyl halides is 3. The lowest BCUT2D eigenvalue weighted by atomic mass is 10.2. The molecule has 0 unspecified atom stereocenters. The van der Waals surface area contributed by atoms with Gasteiger partial charge >= 0.3 is 6.18 Å². The maximum Gasteiger partial charge on any atom is 0.417 e. The van der Waals surface area contributed by atoms with Crippen LogP contribution in [0.5, 0.6) is 0 Å². The van der Waals surface area contributed by atoms with Gasteiger partial charge in [0.25, 0.3) is 5.91 Å². The minimum Gasteiger partial charge on any atom is -0.336 e. The maximum atomic E-state index is 13.1. The molecule has 1 saturated heterocycles. The van der Waals surface area contributed by atoms with Gasteiger partial charge in [-0.3, -0.25) is 9.78 Å². The molecule has 1 aromatic heterocycles. The van der Waals surface area contributed by atoms with Crippen LogP contribution < -0.4 is 4.72 Å². The molecule has 1 fully saturated rings. The van der Waals surface area contributed by atoms with Gasteiger partial charge in [0.05, 0.1) is 10.5 Å². The van der Waals surface area contributed by atoms with Crippen LogP contribution in [0.1, 0.15) is 22.5 Å². The second-order valence-electron chi connectivity index (χ2n) is 6.07. The summed E-state index contributed by atoms with van der Waals surface area (Å²) in [6, 6.07) is 8.18. The van der Waals surface area contributed by atoms with Crippen molar-refractivity contribution in [1.29, 1.82) is 0 Å². The van der Waals surface area contributed by atoms with E-state index in [2.05, 4.69) is 9.71 Å². The number of pyridine rings is 1. The first-order chi connectivity index (χ1) is 12.7. The molecule has 1 atom stereocenters. The van der Waals surface area contributed by atoms with E-state index >= 15 is 0 Å². The molecule has 0 spiro atoms. The molecular formula is C17H16F3N3O3S. The Morgan fingerprint density at radius 3 is 2.52 bits per heavy atom. The average Bonchev–Trinajstić information content (AvgIpc) is 3.09. The summed E-state index contributed by atoms with van der Waals surface area (Å²) in [6.45, 7) is 0.340. The molecule has 6 nitrogen and oxygen atoms in total. The first-order valence-corrected chi connectivity index (χ1v) is 9.55. The number of aromatic nitrogens is 1. The third-order valence-corrected chi connectivity index (χ3v) is 5.74. The number of amides is 1. The number of hydrogen-bond acceptors (Lipinski definition) is 4. The highest BCUT2D eigenvalue weighted by molar-refractivity contribution is 7.89. The molecule has 0 bridgehead atoms. The molecule has 1 aromatic carbocycles. The predicted molar refractivity (Wildman–Crippen MR) is 90.3 cm³/mol. The van der Waals surface area contributed by atoms with Gasteiger partial charge in [0.1, 0.15) is 5.69 Å². The van der Waals surface area contributed by atoms with E-state index in [-0.39, 0.29) is 24.7 Å². The zero-order valence-electron chi connectivity index (χ0n) is 14.0. The van der Waals surface area contributed by atoms with Crippen molar-refractivity contribution in [3.05, 3.63) is 59.9 Å². The lowest BCUT2D eigenvalue weighted by molar-refractivity contribution is -0.139. The highest BCUT2D eigenvalue weighted by Crippen LogP contribution is 2.34. The number of halogens is 3. The van der Waals surface area contributed by atoms with Crippen molar-refractivity contribution in [3.63, 3.8) is 0 Å². The second-order valence-corrected chi connectivity index (χ2v) is 7.75. The van der Waals surface area contributed by atoms with Crippen LogP contribution in [0.4, 0.5) is 13.2 Å². The summed E-state index contributed by atoms with van der Waals surface area (Å²) in [6.07, 6.45) is -3.02. The van der Waals surface area contributed by atoms with E-state index in [4.69, 9.17) is 0 Å². The van der Waals surface area contributed by atoms with Crippen molar-refractivity contribution in [1.82, 2.24) is 14.6 Å². The number of hydrogen-bond donors (Lipinski definition) is 1. The molecule has 0 aliphatic carbocycles. The van der Waals surface area contributed by atoms with Gasteiger partial charge in [0.15, 0.2) is 0 Å². The monoisotopic (exact) mass is 399 g/mol. The van der Waals surface area contributed by atoms with Crippen LogP contribution in [0.2, 0.25) is 0 Å². The zero-order chi connectivity index (χ0) is 19.7. The van der Waals surface area contributed by atoms with Crippen LogP contribution in [0.15, 0.2) is 53.6 Å². The summed E-state index contributed by atoms with van der Waals surface area (Å²) in [5, 5.41) is 0. The largest absolute Gasteiger partial charge is 0.417 e. The van der Waals surface area contributed by atoms with Crippen molar-refractivity contribution >= 4 is 15.9 Å². The van der Waals surface area contributed by atoms with Crippen LogP contribution in [0.3, 0.4) is 0 Å². The Morgan fingerprint density at radius 2 is 1.85 bits per heavy atom. The smallest absolute Gasteiger partial charge is 0.336 e. The number of nitrogens with one attached hydrogen (secondary N) is 1. The Bertz CT molecular complexity index is 933. The Hall–Kier alpha value is -2.46. The maximum absolute atomic E-state index is 13.1. The summed E-state index contributed by atoms with van der Waals surface area (Å²) in [5.41, 5.74) is -1.000. The van der Waals surface area contributed by atoms with Gasteiger partial charge in [-0.15, -0.1) is 0 Å². The van der Waals surface area contributed by atoms with Crippen molar-refractivity contribution in [2.75, 3.05) is 13.1 Å². The van der Waals surface area contributed by atoms with Gasteiger partial charge in [-0.25, -0.2) is 13.1 Å². The Labute approximate surface area is 154 Å². The SMILES string of the molecule is O=C(c1ccccn1)N1CC[C@H](NS(=O)(=O)c2ccccc2C(F)(F)F)C1. The van der Waals surface area contributed by atoms with E-state index in [1.165, 1.54) is 17.2 Å². The molecule has 10 heteroatoms. The number of carbonyl (C=O) groups is 1. The normalized spacial score (nSPS) is 17.9. The number of carbonyl (C=O) groups excluding carboxylic acids is 1. The van der Waals surface area contributed by atoms with E-state index in [0.29, 0.717) is 6.42 Å². The molecule has 27 heavy (non-hydrogen) atoms. The van der Waals surface area contributed by atoms with Gasteiger partial charge in [-0.1, -0.05) is 18.2 Å². The van der Waals surface area contributed by atoms with Crippen LogP contribution in [-0.4, -0.2) is 43.3 Å². The van der Waals surface area contributed by atoms with E-state index < -0.39 is 32.7 Å². The minimum atomic E-state index is -4.79. The first-order valence-electron chi connectivity index (χ1n) is 8.07. The molecule has 0 radical (unpaired) electrons. The topological polar surface area (TPSA) is 79.4 Å². The van der Waals surface area contributed by atoms with Crippen LogP contribution in [0, 0.1) is 0 Å². The van der Waals surface area contributed by atoms with Gasteiger partial charge in [-0.2, -0.15) is 13.2 Å². The third kappa shape index (κ3) is 4.28. The molecule has 3 rings (SSSR count). The second kappa shape index (κ2) is 7.28. The molecule has 144 valence electrons. The fraction of sp³-hybridized carbons (Fsp3) is 0.294. The average molecular weight is 399 g/mol. The molecular weight excluding hydrogens is 383 g/mol. The number of nitrogens with zero attached hydrogens (tertiary/aromatic N) is 2. The van der Waals surface area contributed by atoms with E-state index in [0.717, 1.165) is 18.2 Å². The Morgan fingerprint density at radius 1 is 1.15 bits per heavy atom. The third-order valence-electron chi connectivity index (χ3n) is 4.16. The Kier molecular flexibility index (Phi) is 5.20. The van der Waals surface area contributed by atoms with Crippen LogP contribution >= 0.6 is 0 Å².